The number of amides is 1. The Balaban J connectivity index is 1.85. The molecule has 2 aromatic heterocycles. The van der Waals surface area contributed by atoms with Gasteiger partial charge < -0.3 is 11.1 Å². The summed E-state index contributed by atoms with van der Waals surface area (Å²) in [5, 5.41) is 3.85. The molecule has 0 unspecified atom stereocenters. The first-order valence-corrected chi connectivity index (χ1v) is 9.29. The van der Waals surface area contributed by atoms with Crippen molar-refractivity contribution in [1.29, 1.82) is 0 Å². The van der Waals surface area contributed by atoms with E-state index >= 15 is 0 Å². The van der Waals surface area contributed by atoms with Crippen LogP contribution in [0.3, 0.4) is 0 Å². The molecule has 6 nitrogen and oxygen atoms in total. The maximum Gasteiger partial charge on any atom is 0.274 e. The molecule has 0 saturated carbocycles. The van der Waals surface area contributed by atoms with Crippen molar-refractivity contribution < 1.29 is 4.79 Å². The van der Waals surface area contributed by atoms with Crippen LogP contribution in [0.25, 0.3) is 0 Å². The van der Waals surface area contributed by atoms with Gasteiger partial charge in [0.15, 0.2) is 5.17 Å². The van der Waals surface area contributed by atoms with Crippen LogP contribution < -0.4 is 11.1 Å². The lowest BCUT2D eigenvalue weighted by Gasteiger charge is -2.39. The SMILES string of the molecule is CC1(C)C[C@@](C)(c2cncc(NC(=O)c3ccc(Cl)cn3)c2)N=C(N)S1. The van der Waals surface area contributed by atoms with E-state index in [9.17, 15) is 4.79 Å². The maximum absolute atomic E-state index is 12.4. The zero-order valence-electron chi connectivity index (χ0n) is 14.8. The molecule has 3 heterocycles. The first-order chi connectivity index (χ1) is 12.2. The average Bonchev–Trinajstić information content (AvgIpc) is 2.53. The van der Waals surface area contributed by atoms with Crippen molar-refractivity contribution in [1.82, 2.24) is 9.97 Å². The Morgan fingerprint density at radius 3 is 2.69 bits per heavy atom. The van der Waals surface area contributed by atoms with Crippen LogP contribution in [0.15, 0.2) is 41.8 Å². The summed E-state index contributed by atoms with van der Waals surface area (Å²) in [6, 6.07) is 5.07. The number of nitrogens with one attached hydrogen (secondary N) is 1. The summed E-state index contributed by atoms with van der Waals surface area (Å²) >= 11 is 7.38. The van der Waals surface area contributed by atoms with Crippen molar-refractivity contribution in [2.45, 2.75) is 37.5 Å². The molecule has 1 aliphatic heterocycles. The van der Waals surface area contributed by atoms with Crippen molar-refractivity contribution in [3.05, 3.63) is 53.1 Å². The fraction of sp³-hybridized carbons (Fsp3) is 0.333. The molecule has 3 N–H and O–H groups in total. The summed E-state index contributed by atoms with van der Waals surface area (Å²) in [4.78, 5) is 25.3. The topological polar surface area (TPSA) is 93.3 Å². The Bertz CT molecular complexity index is 868. The van der Waals surface area contributed by atoms with E-state index in [4.69, 9.17) is 17.3 Å². The van der Waals surface area contributed by atoms with Gasteiger partial charge in [0.2, 0.25) is 0 Å². The van der Waals surface area contributed by atoms with Gasteiger partial charge in [0.1, 0.15) is 5.69 Å². The molecule has 26 heavy (non-hydrogen) atoms. The van der Waals surface area contributed by atoms with Gasteiger partial charge in [-0.15, -0.1) is 0 Å². The van der Waals surface area contributed by atoms with Crippen molar-refractivity contribution in [3.8, 4) is 0 Å². The van der Waals surface area contributed by atoms with Crippen molar-refractivity contribution >= 4 is 40.1 Å². The highest BCUT2D eigenvalue weighted by atomic mass is 35.5. The minimum Gasteiger partial charge on any atom is -0.378 e. The number of aromatic nitrogens is 2. The number of carbonyl (C=O) groups excluding carboxylic acids is 1. The molecule has 136 valence electrons. The normalized spacial score (nSPS) is 21.8. The predicted molar refractivity (Wildman–Crippen MR) is 107 cm³/mol. The van der Waals surface area contributed by atoms with E-state index in [0.717, 1.165) is 12.0 Å². The highest BCUT2D eigenvalue weighted by Crippen LogP contribution is 2.44. The van der Waals surface area contributed by atoms with E-state index in [1.165, 1.54) is 6.20 Å². The Hall–Kier alpha value is -2.12. The molecule has 8 heteroatoms. The molecule has 0 saturated heterocycles. The second-order valence-electron chi connectivity index (χ2n) is 7.04. The fourth-order valence-corrected chi connectivity index (χ4v) is 4.41. The Kier molecular flexibility index (Phi) is 4.94. The summed E-state index contributed by atoms with van der Waals surface area (Å²) in [5.41, 5.74) is 7.30. The van der Waals surface area contributed by atoms with Gasteiger partial charge in [-0.2, -0.15) is 0 Å². The van der Waals surface area contributed by atoms with Gasteiger partial charge in [-0.1, -0.05) is 37.2 Å². The summed E-state index contributed by atoms with van der Waals surface area (Å²) in [6.45, 7) is 6.32. The molecule has 2 aromatic rings. The number of pyridine rings is 2. The molecule has 1 aliphatic rings. The number of hydrogen-bond donors (Lipinski definition) is 2. The number of aliphatic imine (C=N–C) groups is 1. The van der Waals surface area contributed by atoms with Gasteiger partial charge in [-0.25, -0.2) is 4.98 Å². The summed E-state index contributed by atoms with van der Waals surface area (Å²) in [5.74, 6) is -0.326. The highest BCUT2D eigenvalue weighted by Gasteiger charge is 2.39. The van der Waals surface area contributed by atoms with Gasteiger partial charge >= 0.3 is 0 Å². The third kappa shape index (κ3) is 4.16. The molecule has 0 radical (unpaired) electrons. The van der Waals surface area contributed by atoms with Crippen LogP contribution in [0.2, 0.25) is 5.02 Å². The van der Waals surface area contributed by atoms with E-state index in [0.29, 0.717) is 15.9 Å². The van der Waals surface area contributed by atoms with Gasteiger partial charge in [0.05, 0.1) is 22.4 Å². The van der Waals surface area contributed by atoms with Crippen LogP contribution in [0.4, 0.5) is 5.69 Å². The largest absolute Gasteiger partial charge is 0.378 e. The maximum atomic E-state index is 12.4. The standard InChI is InChI=1S/C18H20ClN5OS/c1-17(2)10-18(3,24-16(20)26-17)11-6-13(9-21-7-11)23-15(25)14-5-4-12(19)8-22-14/h4-9H,10H2,1-3H3,(H2,20,24)(H,23,25)/t18-/m0/s1. The number of halogens is 1. The van der Waals surface area contributed by atoms with Crippen LogP contribution in [0.1, 0.15) is 43.2 Å². The molecule has 0 fully saturated rings. The van der Waals surface area contributed by atoms with Gasteiger partial charge in [0, 0.05) is 17.1 Å². The third-order valence-corrected chi connectivity index (χ3v) is 5.31. The summed E-state index contributed by atoms with van der Waals surface area (Å²) < 4.78 is -0.0347. The molecule has 1 atom stereocenters. The second-order valence-corrected chi connectivity index (χ2v) is 9.20. The van der Waals surface area contributed by atoms with Crippen molar-refractivity contribution in [2.24, 2.45) is 10.7 Å². The lowest BCUT2D eigenvalue weighted by molar-refractivity contribution is 0.102. The molecule has 0 bridgehead atoms. The Morgan fingerprint density at radius 1 is 1.27 bits per heavy atom. The molecule has 1 amide bonds. The number of anilines is 1. The van der Waals surface area contributed by atoms with Gasteiger partial charge in [-0.05, 0) is 37.1 Å². The smallest absolute Gasteiger partial charge is 0.274 e. The van der Waals surface area contributed by atoms with Crippen LogP contribution >= 0.6 is 23.4 Å². The zero-order chi connectivity index (χ0) is 18.9. The minimum absolute atomic E-state index is 0.0347. The number of hydrogen-bond acceptors (Lipinski definition) is 6. The number of nitrogens with zero attached hydrogens (tertiary/aromatic N) is 3. The lowest BCUT2D eigenvalue weighted by Crippen LogP contribution is -2.38. The summed E-state index contributed by atoms with van der Waals surface area (Å²) in [7, 11) is 0. The number of rotatable bonds is 3. The predicted octanol–water partition coefficient (Wildman–Crippen LogP) is 3.83. The van der Waals surface area contributed by atoms with Crippen molar-refractivity contribution in [2.75, 3.05) is 5.32 Å². The van der Waals surface area contributed by atoms with E-state index in [2.05, 4.69) is 34.1 Å². The Morgan fingerprint density at radius 2 is 2.04 bits per heavy atom. The average molecular weight is 390 g/mol. The number of carbonyl (C=O) groups is 1. The van der Waals surface area contributed by atoms with Gasteiger partial charge in [0.25, 0.3) is 5.91 Å². The first kappa shape index (κ1) is 18.7. The van der Waals surface area contributed by atoms with E-state index in [1.54, 1.807) is 36.3 Å². The van der Waals surface area contributed by atoms with E-state index < -0.39 is 5.54 Å². The van der Waals surface area contributed by atoms with E-state index in [-0.39, 0.29) is 16.3 Å². The molecule has 3 rings (SSSR count). The molecular formula is C18H20ClN5OS. The van der Waals surface area contributed by atoms with E-state index in [1.807, 2.05) is 13.0 Å². The highest BCUT2D eigenvalue weighted by molar-refractivity contribution is 8.15. The number of thioether (sulfide) groups is 1. The monoisotopic (exact) mass is 389 g/mol. The lowest BCUT2D eigenvalue weighted by atomic mass is 9.84. The second kappa shape index (κ2) is 6.89. The minimum atomic E-state index is -0.495. The molecular weight excluding hydrogens is 370 g/mol. The fourth-order valence-electron chi connectivity index (χ4n) is 3.13. The van der Waals surface area contributed by atoms with Gasteiger partial charge in [-0.3, -0.25) is 14.8 Å². The Labute approximate surface area is 161 Å². The first-order valence-electron chi connectivity index (χ1n) is 8.10. The zero-order valence-corrected chi connectivity index (χ0v) is 16.4. The third-order valence-electron chi connectivity index (χ3n) is 4.09. The quantitative estimate of drug-likeness (QED) is 0.832. The number of nitrogens with two attached hydrogens (primary N) is 1. The van der Waals surface area contributed by atoms with Crippen LogP contribution in [0.5, 0.6) is 0 Å². The molecule has 0 aromatic carbocycles. The van der Waals surface area contributed by atoms with Crippen LogP contribution in [-0.4, -0.2) is 25.8 Å². The van der Waals surface area contributed by atoms with Crippen molar-refractivity contribution in [3.63, 3.8) is 0 Å². The van der Waals surface area contributed by atoms with Crippen LogP contribution in [0, 0.1) is 0 Å². The number of amidine groups is 1. The van der Waals surface area contributed by atoms with Crippen LogP contribution in [-0.2, 0) is 5.54 Å². The molecule has 0 aliphatic carbocycles. The molecule has 0 spiro atoms. The summed E-state index contributed by atoms with van der Waals surface area (Å²) in [6.07, 6.45) is 5.60.